The van der Waals surface area contributed by atoms with Crippen molar-refractivity contribution >= 4 is 28.4 Å². The van der Waals surface area contributed by atoms with E-state index in [9.17, 15) is 4.79 Å². The van der Waals surface area contributed by atoms with Gasteiger partial charge in [-0.3, -0.25) is 4.90 Å². The van der Waals surface area contributed by atoms with Crippen molar-refractivity contribution in [2.45, 2.75) is 19.2 Å². The molecule has 30 heavy (non-hydrogen) atoms. The third-order valence-corrected chi connectivity index (χ3v) is 5.61. The van der Waals surface area contributed by atoms with Gasteiger partial charge >= 0.3 is 6.03 Å². The topological polar surface area (TPSA) is 53.6 Å². The van der Waals surface area contributed by atoms with Gasteiger partial charge in [0.25, 0.3) is 0 Å². The molecule has 1 aliphatic rings. The van der Waals surface area contributed by atoms with Crippen LogP contribution in [0.25, 0.3) is 10.8 Å². The average molecular weight is 424 g/mol. The molecule has 1 saturated heterocycles. The van der Waals surface area contributed by atoms with Crippen LogP contribution in [0.3, 0.4) is 0 Å². The predicted octanol–water partition coefficient (Wildman–Crippen LogP) is 4.19. The molecule has 0 radical (unpaired) electrons. The van der Waals surface area contributed by atoms with Gasteiger partial charge in [0, 0.05) is 37.7 Å². The van der Waals surface area contributed by atoms with E-state index < -0.39 is 0 Å². The molecule has 1 fully saturated rings. The lowest BCUT2D eigenvalue weighted by Gasteiger charge is -2.33. The van der Waals surface area contributed by atoms with E-state index in [0.717, 1.165) is 25.2 Å². The van der Waals surface area contributed by atoms with Gasteiger partial charge in [-0.25, -0.2) is 4.79 Å². The molecule has 3 aromatic carbocycles. The Morgan fingerprint density at radius 2 is 1.83 bits per heavy atom. The summed E-state index contributed by atoms with van der Waals surface area (Å²) in [4.78, 5) is 14.5. The first kappa shape index (κ1) is 20.7. The molecule has 1 atom stereocenters. The first-order chi connectivity index (χ1) is 14.7. The average Bonchev–Trinajstić information content (AvgIpc) is 2.78. The number of carbonyl (C=O) groups is 1. The standard InChI is InChI=1S/C24H26ClN3O2/c25-21-10-8-18(9-11-21)14-26-24(29)27-15-22-17-28(12-13-30-22)16-20-6-3-5-19-4-1-2-7-23(19)20/h1-11,22H,12-17H2,(H2,26,27,29). The lowest BCUT2D eigenvalue weighted by atomic mass is 10.0. The smallest absolute Gasteiger partial charge is 0.315 e. The van der Waals surface area contributed by atoms with Crippen LogP contribution in [0.2, 0.25) is 5.02 Å². The number of carbonyl (C=O) groups excluding carboxylic acids is 1. The molecule has 0 aromatic heterocycles. The van der Waals surface area contributed by atoms with Crippen LogP contribution in [0, 0.1) is 0 Å². The monoisotopic (exact) mass is 423 g/mol. The van der Waals surface area contributed by atoms with Crippen LogP contribution >= 0.6 is 11.6 Å². The summed E-state index contributed by atoms with van der Waals surface area (Å²) in [6.07, 6.45) is -0.0185. The van der Waals surface area contributed by atoms with Gasteiger partial charge in [-0.05, 0) is 34.0 Å². The summed E-state index contributed by atoms with van der Waals surface area (Å²) in [5.74, 6) is 0. The highest BCUT2D eigenvalue weighted by molar-refractivity contribution is 6.30. The molecule has 1 aliphatic heterocycles. The molecule has 0 aliphatic carbocycles. The van der Waals surface area contributed by atoms with Gasteiger partial charge < -0.3 is 15.4 Å². The summed E-state index contributed by atoms with van der Waals surface area (Å²) in [6, 6.07) is 22.2. The van der Waals surface area contributed by atoms with Crippen molar-refractivity contribution in [1.29, 1.82) is 0 Å². The zero-order valence-corrected chi connectivity index (χ0v) is 17.6. The van der Waals surface area contributed by atoms with Gasteiger partial charge in [-0.1, -0.05) is 66.2 Å². The van der Waals surface area contributed by atoms with Gasteiger partial charge in [-0.2, -0.15) is 0 Å². The largest absolute Gasteiger partial charge is 0.374 e. The maximum Gasteiger partial charge on any atom is 0.315 e. The molecule has 0 bridgehead atoms. The zero-order chi connectivity index (χ0) is 20.8. The molecule has 4 rings (SSSR count). The number of hydrogen-bond acceptors (Lipinski definition) is 3. The molecule has 6 heteroatoms. The molecule has 2 amide bonds. The van der Waals surface area contributed by atoms with Gasteiger partial charge in [-0.15, -0.1) is 0 Å². The Morgan fingerprint density at radius 1 is 1.03 bits per heavy atom. The fourth-order valence-electron chi connectivity index (χ4n) is 3.77. The molecule has 1 heterocycles. The highest BCUT2D eigenvalue weighted by atomic mass is 35.5. The summed E-state index contributed by atoms with van der Waals surface area (Å²) >= 11 is 5.88. The Labute approximate surface area is 182 Å². The number of nitrogens with zero attached hydrogens (tertiary/aromatic N) is 1. The first-order valence-electron chi connectivity index (χ1n) is 10.2. The van der Waals surface area contributed by atoms with Crippen LogP contribution in [-0.2, 0) is 17.8 Å². The Hall–Kier alpha value is -2.60. The van der Waals surface area contributed by atoms with Crippen LogP contribution in [0.4, 0.5) is 4.79 Å². The number of morpholine rings is 1. The van der Waals surface area contributed by atoms with E-state index in [1.165, 1.54) is 16.3 Å². The van der Waals surface area contributed by atoms with Crippen LogP contribution in [-0.4, -0.2) is 43.3 Å². The number of halogens is 1. The predicted molar refractivity (Wildman–Crippen MR) is 121 cm³/mol. The van der Waals surface area contributed by atoms with E-state index in [0.29, 0.717) is 24.7 Å². The van der Waals surface area contributed by atoms with E-state index in [1.807, 2.05) is 24.3 Å². The van der Waals surface area contributed by atoms with Gasteiger partial charge in [0.2, 0.25) is 0 Å². The molecule has 5 nitrogen and oxygen atoms in total. The zero-order valence-electron chi connectivity index (χ0n) is 16.8. The van der Waals surface area contributed by atoms with Crippen molar-refractivity contribution in [3.05, 3.63) is 82.9 Å². The van der Waals surface area contributed by atoms with Crippen LogP contribution in [0.5, 0.6) is 0 Å². The number of hydrogen-bond donors (Lipinski definition) is 2. The highest BCUT2D eigenvalue weighted by Crippen LogP contribution is 2.21. The van der Waals surface area contributed by atoms with Crippen molar-refractivity contribution in [3.8, 4) is 0 Å². The Kier molecular flexibility index (Phi) is 6.84. The fraction of sp³-hybridized carbons (Fsp3) is 0.292. The molecule has 3 aromatic rings. The van der Waals surface area contributed by atoms with Crippen LogP contribution in [0.15, 0.2) is 66.7 Å². The maximum absolute atomic E-state index is 12.1. The van der Waals surface area contributed by atoms with E-state index >= 15 is 0 Å². The minimum atomic E-state index is -0.195. The highest BCUT2D eigenvalue weighted by Gasteiger charge is 2.21. The number of amides is 2. The van der Waals surface area contributed by atoms with Gasteiger partial charge in [0.05, 0.1) is 12.7 Å². The van der Waals surface area contributed by atoms with Crippen molar-refractivity contribution < 1.29 is 9.53 Å². The molecule has 0 spiro atoms. The summed E-state index contributed by atoms with van der Waals surface area (Å²) in [5, 5.41) is 9.03. The second-order valence-corrected chi connectivity index (χ2v) is 7.99. The number of fused-ring (bicyclic) bond motifs is 1. The summed E-state index contributed by atoms with van der Waals surface area (Å²) in [6.45, 7) is 4.18. The second-order valence-electron chi connectivity index (χ2n) is 7.56. The second kappa shape index (κ2) is 9.94. The van der Waals surface area contributed by atoms with Crippen molar-refractivity contribution in [1.82, 2.24) is 15.5 Å². The van der Waals surface area contributed by atoms with Crippen molar-refractivity contribution in [2.75, 3.05) is 26.2 Å². The third-order valence-electron chi connectivity index (χ3n) is 5.35. The number of rotatable bonds is 6. The number of urea groups is 1. The SMILES string of the molecule is O=C(NCc1ccc(Cl)cc1)NCC1CN(Cc2cccc3ccccc23)CCO1. The minimum Gasteiger partial charge on any atom is -0.374 e. The lowest BCUT2D eigenvalue weighted by Crippen LogP contribution is -2.48. The van der Waals surface area contributed by atoms with E-state index in [2.05, 4.69) is 58.0 Å². The third kappa shape index (κ3) is 5.51. The summed E-state index contributed by atoms with van der Waals surface area (Å²) in [7, 11) is 0. The maximum atomic E-state index is 12.1. The molecule has 1 unspecified atom stereocenters. The van der Waals surface area contributed by atoms with Gasteiger partial charge in [0.1, 0.15) is 0 Å². The van der Waals surface area contributed by atoms with Gasteiger partial charge in [0.15, 0.2) is 0 Å². The van der Waals surface area contributed by atoms with Crippen molar-refractivity contribution in [3.63, 3.8) is 0 Å². The van der Waals surface area contributed by atoms with E-state index in [4.69, 9.17) is 16.3 Å². The van der Waals surface area contributed by atoms with E-state index in [1.54, 1.807) is 0 Å². The molecule has 2 N–H and O–H groups in total. The quantitative estimate of drug-likeness (QED) is 0.625. The number of nitrogens with one attached hydrogen (secondary N) is 2. The Morgan fingerprint density at radius 3 is 2.70 bits per heavy atom. The molecule has 156 valence electrons. The fourth-order valence-corrected chi connectivity index (χ4v) is 3.90. The minimum absolute atomic E-state index is 0.0185. The van der Waals surface area contributed by atoms with Crippen molar-refractivity contribution in [2.24, 2.45) is 0 Å². The molecule has 0 saturated carbocycles. The Balaban J connectivity index is 1.25. The van der Waals surface area contributed by atoms with Crippen LogP contribution < -0.4 is 10.6 Å². The van der Waals surface area contributed by atoms with Crippen LogP contribution in [0.1, 0.15) is 11.1 Å². The number of benzene rings is 3. The summed E-state index contributed by atoms with van der Waals surface area (Å²) < 4.78 is 5.86. The number of ether oxygens (including phenoxy) is 1. The lowest BCUT2D eigenvalue weighted by molar-refractivity contribution is -0.0285. The summed E-state index contributed by atoms with van der Waals surface area (Å²) in [5.41, 5.74) is 2.33. The normalized spacial score (nSPS) is 17.0. The van der Waals surface area contributed by atoms with E-state index in [-0.39, 0.29) is 12.1 Å². The Bertz CT molecular complexity index is 988. The molecular weight excluding hydrogens is 398 g/mol. The first-order valence-corrected chi connectivity index (χ1v) is 10.6. The molecular formula is C24H26ClN3O2.